The Morgan fingerprint density at radius 2 is 1.90 bits per heavy atom. The van der Waals surface area contributed by atoms with Crippen LogP contribution in [0.15, 0.2) is 24.5 Å². The molecule has 0 aliphatic rings. The molecule has 3 nitrogen and oxygen atoms in total. The number of nitrogens with zero attached hydrogens (tertiary/aromatic N) is 1. The Morgan fingerprint density at radius 3 is 2.20 bits per heavy atom. The van der Waals surface area contributed by atoms with Gasteiger partial charge in [0.15, 0.2) is 0 Å². The molecule has 0 aromatic carbocycles. The van der Waals surface area contributed by atoms with E-state index in [1.54, 1.807) is 0 Å². The molecular weight excluding hydrogens is 141 g/mol. The fourth-order valence-electron chi connectivity index (χ4n) is 0.488. The molecule has 0 N–H and O–H groups in total. The molecule has 1 radical (unpaired) electrons. The van der Waals surface area contributed by atoms with Gasteiger partial charge < -0.3 is 9.90 Å². The normalized spacial score (nSPS) is 8.00. The molecule has 1 rings (SSSR count). The topological polar surface area (TPSA) is 53.0 Å². The number of aromatic nitrogens is 1. The second kappa shape index (κ2) is 4.44. The van der Waals surface area contributed by atoms with Gasteiger partial charge in [0, 0.05) is 47.5 Å². The Bertz CT molecular complexity index is 212. The number of pyridine rings is 1. The average molecular weight is 145 g/mol. The maximum atomic E-state index is 10.1. The molecular formula is C6H4NNaO2-. The summed E-state index contributed by atoms with van der Waals surface area (Å²) >= 11 is 0. The largest absolute Gasteiger partial charge is 0.545 e. The number of carboxylic acid groups (broad SMARTS) is 1. The van der Waals surface area contributed by atoms with Gasteiger partial charge in [-0.15, -0.1) is 0 Å². The minimum absolute atomic E-state index is 0. The van der Waals surface area contributed by atoms with Crippen molar-refractivity contribution in [3.8, 4) is 0 Å². The van der Waals surface area contributed by atoms with Crippen LogP contribution in [0.4, 0.5) is 0 Å². The first-order chi connectivity index (χ1) is 4.30. The molecule has 0 fully saturated rings. The van der Waals surface area contributed by atoms with E-state index in [0.717, 1.165) is 0 Å². The number of carbonyl (C=O) groups excluding carboxylic acids is 1. The Balaban J connectivity index is 0.000000810. The van der Waals surface area contributed by atoms with Crippen LogP contribution in [-0.4, -0.2) is 40.5 Å². The summed E-state index contributed by atoms with van der Waals surface area (Å²) in [6.45, 7) is 0. The molecule has 0 bridgehead atoms. The number of carboxylic acids is 1. The van der Waals surface area contributed by atoms with Gasteiger partial charge in [0.05, 0.1) is 5.97 Å². The maximum absolute atomic E-state index is 10.1. The van der Waals surface area contributed by atoms with E-state index in [0.29, 0.717) is 0 Å². The number of rotatable bonds is 1. The molecule has 1 aromatic rings. The summed E-state index contributed by atoms with van der Waals surface area (Å²) in [7, 11) is 0. The van der Waals surface area contributed by atoms with E-state index >= 15 is 0 Å². The summed E-state index contributed by atoms with van der Waals surface area (Å²) in [4.78, 5) is 13.7. The van der Waals surface area contributed by atoms with Crippen LogP contribution in [0.25, 0.3) is 0 Å². The van der Waals surface area contributed by atoms with Crippen molar-refractivity contribution in [1.29, 1.82) is 0 Å². The van der Waals surface area contributed by atoms with E-state index in [2.05, 4.69) is 4.98 Å². The van der Waals surface area contributed by atoms with E-state index in [1.807, 2.05) is 0 Å². The second-order valence-corrected chi connectivity index (χ2v) is 1.52. The van der Waals surface area contributed by atoms with E-state index in [-0.39, 0.29) is 35.1 Å². The second-order valence-electron chi connectivity index (χ2n) is 1.52. The summed E-state index contributed by atoms with van der Waals surface area (Å²) in [5.74, 6) is -1.17. The molecule has 0 aliphatic heterocycles. The first kappa shape index (κ1) is 9.62. The van der Waals surface area contributed by atoms with E-state index < -0.39 is 5.97 Å². The predicted octanol–water partition coefficient (Wildman–Crippen LogP) is -0.936. The van der Waals surface area contributed by atoms with Crippen molar-refractivity contribution in [2.75, 3.05) is 0 Å². The van der Waals surface area contributed by atoms with Crippen molar-refractivity contribution in [1.82, 2.24) is 4.98 Å². The van der Waals surface area contributed by atoms with Gasteiger partial charge in [0.25, 0.3) is 0 Å². The third kappa shape index (κ3) is 2.47. The molecule has 0 atom stereocenters. The number of hydrogen-bond donors (Lipinski definition) is 0. The van der Waals surface area contributed by atoms with Crippen molar-refractivity contribution in [3.63, 3.8) is 0 Å². The third-order valence-electron chi connectivity index (χ3n) is 0.916. The summed E-state index contributed by atoms with van der Waals surface area (Å²) in [6.07, 6.45) is 2.82. The van der Waals surface area contributed by atoms with Gasteiger partial charge in [-0.1, -0.05) is 0 Å². The molecule has 0 saturated heterocycles. The summed E-state index contributed by atoms with van der Waals surface area (Å²) in [6, 6.07) is 2.77. The molecule has 0 aliphatic carbocycles. The third-order valence-corrected chi connectivity index (χ3v) is 0.916. The quantitative estimate of drug-likeness (QED) is 0.479. The minimum atomic E-state index is -1.17. The van der Waals surface area contributed by atoms with Gasteiger partial charge in [-0.05, 0) is 12.1 Å². The smallest absolute Gasteiger partial charge is 0.0716 e. The van der Waals surface area contributed by atoms with Gasteiger partial charge in [0.1, 0.15) is 0 Å². The number of hydrogen-bond acceptors (Lipinski definition) is 3. The summed E-state index contributed by atoms with van der Waals surface area (Å²) < 4.78 is 0. The van der Waals surface area contributed by atoms with Crippen LogP contribution in [-0.2, 0) is 0 Å². The van der Waals surface area contributed by atoms with Crippen LogP contribution in [0, 0.1) is 0 Å². The molecule has 0 unspecified atom stereocenters. The standard InChI is InChI=1S/C6H5NO2.Na/c8-6(9)5-1-3-7-4-2-5;/h1-4H,(H,8,9);/p-1. The van der Waals surface area contributed by atoms with Crippen LogP contribution < -0.4 is 5.11 Å². The maximum Gasteiger partial charge on any atom is 0.0716 e. The fraction of sp³-hybridized carbons (Fsp3) is 0. The van der Waals surface area contributed by atoms with Crippen molar-refractivity contribution in [3.05, 3.63) is 30.1 Å². The monoisotopic (exact) mass is 145 g/mol. The van der Waals surface area contributed by atoms with Crippen LogP contribution in [0.5, 0.6) is 0 Å². The Morgan fingerprint density at radius 1 is 1.40 bits per heavy atom. The van der Waals surface area contributed by atoms with Crippen molar-refractivity contribution in [2.45, 2.75) is 0 Å². The SMILES string of the molecule is O=C([O-])c1ccncc1.[Na]. The van der Waals surface area contributed by atoms with Crippen molar-refractivity contribution in [2.24, 2.45) is 0 Å². The van der Waals surface area contributed by atoms with Crippen LogP contribution in [0.3, 0.4) is 0 Å². The Kier molecular flexibility index (Phi) is 4.27. The van der Waals surface area contributed by atoms with Crippen LogP contribution in [0.2, 0.25) is 0 Å². The Labute approximate surface area is 80.4 Å². The van der Waals surface area contributed by atoms with Crippen molar-refractivity contribution < 1.29 is 9.90 Å². The van der Waals surface area contributed by atoms with Crippen LogP contribution >= 0.6 is 0 Å². The van der Waals surface area contributed by atoms with Gasteiger partial charge >= 0.3 is 0 Å². The fourth-order valence-corrected chi connectivity index (χ4v) is 0.488. The first-order valence-electron chi connectivity index (χ1n) is 2.42. The number of carbonyl (C=O) groups is 1. The van der Waals surface area contributed by atoms with Crippen molar-refractivity contribution >= 4 is 35.5 Å². The Hall–Kier alpha value is -0.380. The molecule has 0 saturated carbocycles. The molecule has 4 heteroatoms. The van der Waals surface area contributed by atoms with Gasteiger partial charge in [0.2, 0.25) is 0 Å². The van der Waals surface area contributed by atoms with Gasteiger partial charge in [-0.2, -0.15) is 0 Å². The van der Waals surface area contributed by atoms with E-state index in [4.69, 9.17) is 0 Å². The van der Waals surface area contributed by atoms with Gasteiger partial charge in [-0.25, -0.2) is 0 Å². The van der Waals surface area contributed by atoms with Crippen LogP contribution in [0.1, 0.15) is 10.4 Å². The average Bonchev–Trinajstić information content (AvgIpc) is 1.90. The van der Waals surface area contributed by atoms with E-state index in [1.165, 1.54) is 24.5 Å². The molecule has 10 heavy (non-hydrogen) atoms. The van der Waals surface area contributed by atoms with Gasteiger partial charge in [-0.3, -0.25) is 4.98 Å². The van der Waals surface area contributed by atoms with E-state index in [9.17, 15) is 9.90 Å². The zero-order chi connectivity index (χ0) is 6.69. The molecule has 47 valence electrons. The first-order valence-corrected chi connectivity index (χ1v) is 2.42. The zero-order valence-corrected chi connectivity index (χ0v) is 7.57. The number of aromatic carboxylic acids is 1. The molecule has 1 aromatic heterocycles. The molecule has 1 heterocycles. The molecule has 0 spiro atoms. The molecule has 0 amide bonds. The minimum Gasteiger partial charge on any atom is -0.545 e. The predicted molar refractivity (Wildman–Crippen MR) is 34.3 cm³/mol. The summed E-state index contributed by atoms with van der Waals surface area (Å²) in [5, 5.41) is 10.1. The zero-order valence-electron chi connectivity index (χ0n) is 5.57. The summed E-state index contributed by atoms with van der Waals surface area (Å²) in [5.41, 5.74) is 0.157.